The molecule has 4 rings (SSSR count). The number of amides is 1. The van der Waals surface area contributed by atoms with Crippen LogP contribution < -0.4 is 5.32 Å². The third-order valence-corrected chi connectivity index (χ3v) is 7.34. The first-order valence-corrected chi connectivity index (χ1v) is 10.9. The molecule has 0 radical (unpaired) electrons. The summed E-state index contributed by atoms with van der Waals surface area (Å²) in [6, 6.07) is 0.753. The number of likely N-dealkylation sites (tertiary alicyclic amines) is 2. The summed E-state index contributed by atoms with van der Waals surface area (Å²) in [5.74, 6) is 0.0404. The molecule has 6 heteroatoms. The van der Waals surface area contributed by atoms with Crippen LogP contribution >= 0.6 is 11.6 Å². The Bertz CT molecular complexity index is 635. The van der Waals surface area contributed by atoms with Gasteiger partial charge in [-0.15, -0.1) is 0 Å². The molecule has 0 unspecified atom stereocenters. The minimum atomic E-state index is 0.0404. The second-order valence-corrected chi connectivity index (χ2v) is 9.44. The topological polar surface area (TPSA) is 38.8 Å². The van der Waals surface area contributed by atoms with Crippen LogP contribution in [0.3, 0.4) is 0 Å². The number of carbonyl (C=O) groups is 1. The van der Waals surface area contributed by atoms with Crippen LogP contribution in [0.2, 0.25) is 0 Å². The quantitative estimate of drug-likeness (QED) is 0.800. The molecule has 1 N–H and O–H groups in total. The van der Waals surface area contributed by atoms with Gasteiger partial charge in [0, 0.05) is 57.6 Å². The van der Waals surface area contributed by atoms with E-state index in [1.54, 1.807) is 19.0 Å². The number of nitrogens with zero attached hydrogens (tertiary/aromatic N) is 3. The highest BCUT2D eigenvalue weighted by atomic mass is 35.5. The molecule has 3 saturated heterocycles. The van der Waals surface area contributed by atoms with Crippen LogP contribution in [0.15, 0.2) is 22.4 Å². The highest BCUT2D eigenvalue weighted by molar-refractivity contribution is 6.33. The second kappa shape index (κ2) is 7.76. The number of hydrogen-bond acceptors (Lipinski definition) is 4. The zero-order valence-corrected chi connectivity index (χ0v) is 17.5. The summed E-state index contributed by atoms with van der Waals surface area (Å²) >= 11 is 6.44. The van der Waals surface area contributed by atoms with E-state index in [-0.39, 0.29) is 5.91 Å². The van der Waals surface area contributed by atoms with Crippen molar-refractivity contribution in [3.63, 3.8) is 0 Å². The molecule has 0 bridgehead atoms. The average molecular weight is 393 g/mol. The van der Waals surface area contributed by atoms with Gasteiger partial charge in [-0.3, -0.25) is 9.69 Å². The van der Waals surface area contributed by atoms with Crippen LogP contribution in [-0.2, 0) is 4.79 Å². The van der Waals surface area contributed by atoms with E-state index in [9.17, 15) is 4.79 Å². The van der Waals surface area contributed by atoms with E-state index in [0.29, 0.717) is 10.4 Å². The van der Waals surface area contributed by atoms with Crippen LogP contribution in [0, 0.1) is 5.41 Å². The lowest BCUT2D eigenvalue weighted by Gasteiger charge is -2.56. The third-order valence-electron chi connectivity index (χ3n) is 7.01. The molecule has 0 saturated carbocycles. The molecule has 1 spiro atoms. The van der Waals surface area contributed by atoms with Crippen LogP contribution in [-0.4, -0.2) is 80.0 Å². The van der Waals surface area contributed by atoms with Crippen molar-refractivity contribution in [2.24, 2.45) is 5.41 Å². The standard InChI is InChI=1S/C21H33ClN4O/c1-24(2)20(27)18-4-3-17(13-19(18)22)25-11-5-16(6-12-25)26-14-21(15-26)7-9-23-10-8-21/h13,16,23H,3-12,14-15H2,1-2H3. The summed E-state index contributed by atoms with van der Waals surface area (Å²) in [7, 11) is 3.57. The lowest BCUT2D eigenvalue weighted by Crippen LogP contribution is -2.63. The molecule has 0 atom stereocenters. The average Bonchev–Trinajstić information content (AvgIpc) is 2.66. The predicted molar refractivity (Wildman–Crippen MR) is 110 cm³/mol. The molecule has 0 aromatic rings. The first-order valence-electron chi connectivity index (χ1n) is 10.5. The van der Waals surface area contributed by atoms with Gasteiger partial charge in [0.2, 0.25) is 0 Å². The number of hydrogen-bond donors (Lipinski definition) is 1. The predicted octanol–water partition coefficient (Wildman–Crippen LogP) is 2.40. The van der Waals surface area contributed by atoms with Crippen molar-refractivity contribution < 1.29 is 4.79 Å². The van der Waals surface area contributed by atoms with Gasteiger partial charge in [0.25, 0.3) is 5.91 Å². The summed E-state index contributed by atoms with van der Waals surface area (Å²) in [6.07, 6.45) is 8.92. The van der Waals surface area contributed by atoms with Gasteiger partial charge in [0.15, 0.2) is 0 Å². The van der Waals surface area contributed by atoms with Crippen LogP contribution in [0.4, 0.5) is 0 Å². The van der Waals surface area contributed by atoms with Crippen LogP contribution in [0.1, 0.15) is 38.5 Å². The molecular weight excluding hydrogens is 360 g/mol. The molecule has 0 aromatic heterocycles. The first-order chi connectivity index (χ1) is 13.0. The molecule has 5 nitrogen and oxygen atoms in total. The lowest BCUT2D eigenvalue weighted by molar-refractivity contribution is -0.124. The molecule has 4 aliphatic rings. The number of likely N-dealkylation sites (N-methyl/N-ethyl adjacent to an activating group) is 1. The van der Waals surface area contributed by atoms with Gasteiger partial charge in [-0.05, 0) is 63.1 Å². The molecule has 27 heavy (non-hydrogen) atoms. The molecule has 3 heterocycles. The number of halogens is 1. The largest absolute Gasteiger partial charge is 0.375 e. The summed E-state index contributed by atoms with van der Waals surface area (Å²) in [5, 5.41) is 4.13. The zero-order chi connectivity index (χ0) is 19.0. The molecule has 150 valence electrons. The number of carbonyl (C=O) groups excluding carboxylic acids is 1. The highest BCUT2D eigenvalue weighted by Gasteiger charge is 2.46. The first kappa shape index (κ1) is 19.3. The molecular formula is C21H33ClN4O. The van der Waals surface area contributed by atoms with Gasteiger partial charge in [-0.1, -0.05) is 11.6 Å². The van der Waals surface area contributed by atoms with Crippen molar-refractivity contribution in [2.45, 2.75) is 44.6 Å². The minimum absolute atomic E-state index is 0.0404. The fraction of sp³-hybridized carbons (Fsp3) is 0.762. The normalized spacial score (nSPS) is 26.8. The van der Waals surface area contributed by atoms with Crippen LogP contribution in [0.5, 0.6) is 0 Å². The van der Waals surface area contributed by atoms with Crippen molar-refractivity contribution in [3.8, 4) is 0 Å². The zero-order valence-electron chi connectivity index (χ0n) is 16.8. The number of rotatable bonds is 3. The molecule has 1 aliphatic carbocycles. The van der Waals surface area contributed by atoms with Gasteiger partial charge in [-0.25, -0.2) is 0 Å². The fourth-order valence-corrected chi connectivity index (χ4v) is 5.57. The Balaban J connectivity index is 1.30. The van der Waals surface area contributed by atoms with E-state index in [4.69, 9.17) is 11.6 Å². The Labute approximate surface area is 168 Å². The maximum atomic E-state index is 12.2. The lowest BCUT2D eigenvalue weighted by atomic mass is 9.71. The van der Waals surface area contributed by atoms with Crippen molar-refractivity contribution in [1.29, 1.82) is 0 Å². The SMILES string of the molecule is CN(C)C(=O)C1=C(Cl)C=C(N2CCC(N3CC4(CCNCC4)C3)CC2)CC1. The van der Waals surface area contributed by atoms with Gasteiger partial charge in [0.1, 0.15) is 0 Å². The number of nitrogens with one attached hydrogen (secondary N) is 1. The monoisotopic (exact) mass is 392 g/mol. The highest BCUT2D eigenvalue weighted by Crippen LogP contribution is 2.41. The van der Waals surface area contributed by atoms with Gasteiger partial charge in [0.05, 0.1) is 5.03 Å². The maximum absolute atomic E-state index is 12.2. The molecule has 1 amide bonds. The Morgan fingerprint density at radius 2 is 1.85 bits per heavy atom. The van der Waals surface area contributed by atoms with Crippen molar-refractivity contribution in [1.82, 2.24) is 20.0 Å². The smallest absolute Gasteiger partial charge is 0.250 e. The van der Waals surface area contributed by atoms with Crippen LogP contribution in [0.25, 0.3) is 0 Å². The third kappa shape index (κ3) is 3.92. The Kier molecular flexibility index (Phi) is 5.55. The molecule has 3 aliphatic heterocycles. The second-order valence-electron chi connectivity index (χ2n) is 9.03. The van der Waals surface area contributed by atoms with Gasteiger partial charge in [-0.2, -0.15) is 0 Å². The maximum Gasteiger partial charge on any atom is 0.250 e. The van der Waals surface area contributed by atoms with Gasteiger partial charge >= 0.3 is 0 Å². The van der Waals surface area contributed by atoms with E-state index in [0.717, 1.165) is 37.5 Å². The summed E-state index contributed by atoms with van der Waals surface area (Å²) in [6.45, 7) is 7.25. The molecule has 3 fully saturated rings. The number of piperidine rings is 2. The summed E-state index contributed by atoms with van der Waals surface area (Å²) in [4.78, 5) is 19.1. The van der Waals surface area contributed by atoms with Crippen molar-refractivity contribution >= 4 is 17.5 Å². The Hall–Kier alpha value is -1.04. The van der Waals surface area contributed by atoms with E-state index in [1.807, 2.05) is 6.08 Å². The summed E-state index contributed by atoms with van der Waals surface area (Å²) in [5.41, 5.74) is 2.70. The fourth-order valence-electron chi connectivity index (χ4n) is 5.27. The van der Waals surface area contributed by atoms with E-state index < -0.39 is 0 Å². The minimum Gasteiger partial charge on any atom is -0.375 e. The van der Waals surface area contributed by atoms with E-state index in [1.165, 1.54) is 57.6 Å². The van der Waals surface area contributed by atoms with E-state index in [2.05, 4.69) is 15.1 Å². The van der Waals surface area contributed by atoms with E-state index >= 15 is 0 Å². The summed E-state index contributed by atoms with van der Waals surface area (Å²) < 4.78 is 0. The molecule has 0 aromatic carbocycles. The Morgan fingerprint density at radius 3 is 2.44 bits per heavy atom. The van der Waals surface area contributed by atoms with Crippen molar-refractivity contribution in [3.05, 3.63) is 22.4 Å². The van der Waals surface area contributed by atoms with Crippen molar-refractivity contribution in [2.75, 3.05) is 53.4 Å². The Morgan fingerprint density at radius 1 is 1.19 bits per heavy atom. The number of allylic oxidation sites excluding steroid dienone is 3. The van der Waals surface area contributed by atoms with Gasteiger partial charge < -0.3 is 15.1 Å².